The molecule has 0 spiro atoms. The van der Waals surface area contributed by atoms with E-state index in [1.165, 1.54) is 0 Å². The van der Waals surface area contributed by atoms with E-state index in [0.29, 0.717) is 38.0 Å². The molecule has 1 heterocycles. The maximum atomic E-state index is 5.98. The van der Waals surface area contributed by atoms with Crippen molar-refractivity contribution < 1.29 is 18.9 Å². The van der Waals surface area contributed by atoms with Gasteiger partial charge in [-0.3, -0.25) is 4.68 Å². The zero-order valence-electron chi connectivity index (χ0n) is 21.3. The largest absolute Gasteiger partial charge is 0.490 e. The zero-order valence-corrected chi connectivity index (χ0v) is 21.3. The van der Waals surface area contributed by atoms with Gasteiger partial charge in [0.05, 0.1) is 19.9 Å². The fraction of sp³-hybridized carbons (Fsp3) is 0.156. The fourth-order valence-electron chi connectivity index (χ4n) is 3.90. The Morgan fingerprint density at radius 1 is 0.553 bits per heavy atom. The second-order valence-electron chi connectivity index (χ2n) is 8.83. The highest BCUT2D eigenvalue weighted by Crippen LogP contribution is 2.26. The smallest absolute Gasteiger partial charge is 0.276 e. The lowest BCUT2D eigenvalue weighted by Gasteiger charge is -2.08. The molecule has 0 fully saturated rings. The molecule has 0 saturated heterocycles. The van der Waals surface area contributed by atoms with E-state index in [0.717, 1.165) is 33.8 Å². The van der Waals surface area contributed by atoms with Crippen molar-refractivity contribution in [1.82, 2.24) is 9.78 Å². The molecule has 0 N–H and O–H groups in total. The Morgan fingerprint density at radius 2 is 1.03 bits per heavy atom. The zero-order chi connectivity index (χ0) is 26.0. The van der Waals surface area contributed by atoms with Gasteiger partial charge in [0.1, 0.15) is 31.3 Å². The maximum absolute atomic E-state index is 5.98. The van der Waals surface area contributed by atoms with E-state index in [9.17, 15) is 0 Å². The summed E-state index contributed by atoms with van der Waals surface area (Å²) in [5.41, 5.74) is 4.38. The average Bonchev–Trinajstić information content (AvgIpc) is 3.37. The highest BCUT2D eigenvalue weighted by Gasteiger charge is 2.12. The van der Waals surface area contributed by atoms with Gasteiger partial charge in [0.2, 0.25) is 5.75 Å². The van der Waals surface area contributed by atoms with Crippen LogP contribution in [0, 0.1) is 0 Å². The van der Waals surface area contributed by atoms with Gasteiger partial charge in [0.15, 0.2) is 0 Å². The van der Waals surface area contributed by atoms with Gasteiger partial charge in [-0.2, -0.15) is 0 Å². The monoisotopic (exact) mass is 506 g/mol. The highest BCUT2D eigenvalue weighted by atomic mass is 16.5. The number of rotatable bonds is 12. The van der Waals surface area contributed by atoms with Crippen LogP contribution < -0.4 is 18.9 Å². The first-order chi connectivity index (χ1) is 18.7. The number of hydrogen-bond acceptors (Lipinski definition) is 5. The Bertz CT molecular complexity index is 1400. The molecule has 5 aromatic rings. The third-order valence-electron chi connectivity index (χ3n) is 5.98. The molecule has 6 nitrogen and oxygen atoms in total. The van der Waals surface area contributed by atoms with Crippen LogP contribution in [0.3, 0.4) is 0 Å². The molecule has 0 aliphatic carbocycles. The van der Waals surface area contributed by atoms with E-state index in [1.807, 2.05) is 108 Å². The second-order valence-corrected chi connectivity index (χ2v) is 8.83. The minimum atomic E-state index is 0.375. The Hall–Kier alpha value is -4.71. The predicted molar refractivity (Wildman–Crippen MR) is 147 cm³/mol. The summed E-state index contributed by atoms with van der Waals surface area (Å²) in [6.07, 6.45) is 1.84. The van der Waals surface area contributed by atoms with E-state index >= 15 is 0 Å². The lowest BCUT2D eigenvalue weighted by molar-refractivity contribution is 0.272. The van der Waals surface area contributed by atoms with E-state index in [4.69, 9.17) is 18.9 Å². The summed E-state index contributed by atoms with van der Waals surface area (Å²) in [5.74, 6) is 2.70. The number of methoxy groups -OCH3 is 1. The Balaban J connectivity index is 1.13. The molecule has 0 aliphatic rings. The summed E-state index contributed by atoms with van der Waals surface area (Å²) >= 11 is 0. The van der Waals surface area contributed by atoms with Gasteiger partial charge >= 0.3 is 0 Å². The first-order valence-corrected chi connectivity index (χ1v) is 12.5. The molecule has 5 rings (SSSR count). The molecule has 0 bridgehead atoms. The highest BCUT2D eigenvalue weighted by molar-refractivity contribution is 5.33. The van der Waals surface area contributed by atoms with Crippen molar-refractivity contribution in [3.05, 3.63) is 138 Å². The number of ether oxygens (including phenoxy) is 4. The molecule has 0 unspecified atom stereocenters. The molecule has 4 aromatic carbocycles. The molecular formula is C32H30N2O4. The van der Waals surface area contributed by atoms with Crippen LogP contribution in [0.1, 0.15) is 22.3 Å². The van der Waals surface area contributed by atoms with Crippen molar-refractivity contribution in [3.8, 4) is 23.1 Å². The molecule has 0 aliphatic heterocycles. The normalized spacial score (nSPS) is 10.7. The third-order valence-corrected chi connectivity index (χ3v) is 5.98. The van der Waals surface area contributed by atoms with Crippen LogP contribution in [-0.4, -0.2) is 16.9 Å². The van der Waals surface area contributed by atoms with Crippen LogP contribution in [0.15, 0.2) is 115 Å². The molecule has 0 radical (unpaired) electrons. The lowest BCUT2D eigenvalue weighted by Crippen LogP contribution is -2.02. The van der Waals surface area contributed by atoms with Gasteiger partial charge in [0.25, 0.3) is 5.88 Å². The molecule has 192 valence electrons. The Kier molecular flexibility index (Phi) is 8.21. The average molecular weight is 507 g/mol. The van der Waals surface area contributed by atoms with E-state index in [1.54, 1.807) is 7.11 Å². The quantitative estimate of drug-likeness (QED) is 0.189. The van der Waals surface area contributed by atoms with E-state index < -0.39 is 0 Å². The Labute approximate surface area is 223 Å². The third kappa shape index (κ3) is 6.95. The maximum Gasteiger partial charge on any atom is 0.276 e. The van der Waals surface area contributed by atoms with Gasteiger partial charge in [-0.05, 0) is 46.5 Å². The van der Waals surface area contributed by atoms with Gasteiger partial charge in [-0.15, -0.1) is 5.10 Å². The van der Waals surface area contributed by atoms with Crippen molar-refractivity contribution >= 4 is 0 Å². The summed E-state index contributed by atoms with van der Waals surface area (Å²) in [4.78, 5) is 0. The van der Waals surface area contributed by atoms with Crippen molar-refractivity contribution in [3.63, 3.8) is 0 Å². The van der Waals surface area contributed by atoms with Crippen LogP contribution in [0.25, 0.3) is 0 Å². The van der Waals surface area contributed by atoms with Crippen LogP contribution in [0.4, 0.5) is 0 Å². The Morgan fingerprint density at radius 3 is 1.55 bits per heavy atom. The van der Waals surface area contributed by atoms with Gasteiger partial charge < -0.3 is 18.9 Å². The van der Waals surface area contributed by atoms with E-state index in [-0.39, 0.29) is 0 Å². The van der Waals surface area contributed by atoms with Gasteiger partial charge in [-0.1, -0.05) is 84.9 Å². The van der Waals surface area contributed by atoms with Crippen LogP contribution >= 0.6 is 0 Å². The molecule has 0 atom stereocenters. The molecule has 0 saturated carbocycles. The topological polar surface area (TPSA) is 54.7 Å². The molecule has 38 heavy (non-hydrogen) atoms. The SMILES string of the molecule is COc1cn(Cc2ccc(OCc3ccccc3)cc2)nc1OCc1ccc(OCc2ccccc2)cc1. The number of benzene rings is 4. The standard InChI is InChI=1S/C32H30N2O4/c1-35-31-21-34(20-25-12-16-29(17-13-25)36-22-26-8-4-2-5-9-26)33-32(31)38-24-28-14-18-30(19-15-28)37-23-27-10-6-3-7-11-27/h2-19,21H,20,22-24H2,1H3. The van der Waals surface area contributed by atoms with Crippen molar-refractivity contribution in [2.45, 2.75) is 26.4 Å². The van der Waals surface area contributed by atoms with Crippen molar-refractivity contribution in [2.75, 3.05) is 7.11 Å². The van der Waals surface area contributed by atoms with Crippen LogP contribution in [-0.2, 0) is 26.4 Å². The summed E-state index contributed by atoms with van der Waals surface area (Å²) in [6, 6.07) is 36.1. The minimum absolute atomic E-state index is 0.375. The summed E-state index contributed by atoms with van der Waals surface area (Å²) in [5, 5.41) is 4.58. The minimum Gasteiger partial charge on any atom is -0.490 e. The van der Waals surface area contributed by atoms with Crippen molar-refractivity contribution in [2.24, 2.45) is 0 Å². The summed E-state index contributed by atoms with van der Waals surface area (Å²) in [6.45, 7) is 2.04. The van der Waals surface area contributed by atoms with Crippen LogP contribution in [0.2, 0.25) is 0 Å². The second kappa shape index (κ2) is 12.5. The van der Waals surface area contributed by atoms with Crippen molar-refractivity contribution in [1.29, 1.82) is 0 Å². The fourth-order valence-corrected chi connectivity index (χ4v) is 3.90. The number of aromatic nitrogens is 2. The summed E-state index contributed by atoms with van der Waals surface area (Å²) in [7, 11) is 1.62. The number of hydrogen-bond donors (Lipinski definition) is 0. The first kappa shape index (κ1) is 25.0. The van der Waals surface area contributed by atoms with Gasteiger partial charge in [0, 0.05) is 0 Å². The molecular weight excluding hydrogens is 476 g/mol. The van der Waals surface area contributed by atoms with Gasteiger partial charge in [-0.25, -0.2) is 0 Å². The predicted octanol–water partition coefficient (Wildman–Crippen LogP) is 6.68. The lowest BCUT2D eigenvalue weighted by atomic mass is 10.2. The first-order valence-electron chi connectivity index (χ1n) is 12.5. The number of nitrogens with zero attached hydrogens (tertiary/aromatic N) is 2. The molecule has 1 aromatic heterocycles. The summed E-state index contributed by atoms with van der Waals surface area (Å²) < 4.78 is 25.0. The molecule has 6 heteroatoms. The molecule has 0 amide bonds. The van der Waals surface area contributed by atoms with E-state index in [2.05, 4.69) is 17.2 Å². The van der Waals surface area contributed by atoms with Crippen LogP contribution in [0.5, 0.6) is 23.1 Å².